The fourth-order valence-corrected chi connectivity index (χ4v) is 1.86. The van der Waals surface area contributed by atoms with E-state index >= 15 is 0 Å². The number of aromatic nitrogens is 1. The summed E-state index contributed by atoms with van der Waals surface area (Å²) < 4.78 is 5.15. The van der Waals surface area contributed by atoms with Gasteiger partial charge < -0.3 is 14.7 Å². The van der Waals surface area contributed by atoms with Crippen LogP contribution in [-0.4, -0.2) is 46.8 Å². The lowest BCUT2D eigenvalue weighted by molar-refractivity contribution is -0.384. The fourth-order valence-electron chi connectivity index (χ4n) is 1.86. The van der Waals surface area contributed by atoms with E-state index in [0.29, 0.717) is 6.54 Å². The van der Waals surface area contributed by atoms with Crippen LogP contribution >= 0.6 is 0 Å². The van der Waals surface area contributed by atoms with Crippen molar-refractivity contribution in [1.82, 2.24) is 4.98 Å². The van der Waals surface area contributed by atoms with Crippen LogP contribution in [0.3, 0.4) is 0 Å². The molecule has 0 amide bonds. The van der Waals surface area contributed by atoms with Crippen molar-refractivity contribution in [2.45, 2.75) is 6.10 Å². The second-order valence-corrected chi connectivity index (χ2v) is 4.06. The molecular formula is C11H10N4O5. The number of carbonyl (C=O) groups is 1. The molecule has 9 nitrogen and oxygen atoms in total. The third kappa shape index (κ3) is 2.65. The zero-order valence-corrected chi connectivity index (χ0v) is 10.2. The van der Waals surface area contributed by atoms with Gasteiger partial charge in [0.15, 0.2) is 6.10 Å². The molecule has 2 rings (SSSR count). The van der Waals surface area contributed by atoms with Gasteiger partial charge in [0, 0.05) is 18.8 Å². The van der Waals surface area contributed by atoms with Crippen LogP contribution in [0, 0.1) is 21.4 Å². The number of pyridine rings is 1. The summed E-state index contributed by atoms with van der Waals surface area (Å²) in [5.74, 6) is -1.24. The van der Waals surface area contributed by atoms with Gasteiger partial charge in [0.05, 0.1) is 29.7 Å². The van der Waals surface area contributed by atoms with Gasteiger partial charge >= 0.3 is 11.7 Å². The van der Waals surface area contributed by atoms with Crippen molar-refractivity contribution in [2.24, 2.45) is 0 Å². The van der Waals surface area contributed by atoms with Crippen LogP contribution in [0.15, 0.2) is 12.3 Å². The van der Waals surface area contributed by atoms with E-state index in [4.69, 9.17) is 15.1 Å². The minimum Gasteiger partial charge on any atom is -0.478 e. The van der Waals surface area contributed by atoms with Gasteiger partial charge in [0.25, 0.3) is 0 Å². The zero-order chi connectivity index (χ0) is 14.7. The maximum Gasteiger partial charge on any atom is 0.337 e. The van der Waals surface area contributed by atoms with Crippen LogP contribution in [0.4, 0.5) is 11.5 Å². The average molecular weight is 278 g/mol. The zero-order valence-electron chi connectivity index (χ0n) is 10.2. The van der Waals surface area contributed by atoms with Crippen molar-refractivity contribution in [3.63, 3.8) is 0 Å². The number of nitriles is 1. The normalized spacial score (nSPS) is 18.4. The Morgan fingerprint density at radius 1 is 1.70 bits per heavy atom. The Morgan fingerprint density at radius 3 is 3.05 bits per heavy atom. The van der Waals surface area contributed by atoms with Crippen molar-refractivity contribution < 1.29 is 19.6 Å². The predicted molar refractivity (Wildman–Crippen MR) is 65.4 cm³/mol. The van der Waals surface area contributed by atoms with E-state index in [2.05, 4.69) is 4.98 Å². The molecule has 1 saturated heterocycles. The lowest BCUT2D eigenvalue weighted by Gasteiger charge is -2.30. The SMILES string of the molecule is N#CC1CN(c2ncc(C(=O)O)cc2[N+](=O)[O-])CCO1. The molecule has 20 heavy (non-hydrogen) atoms. The molecule has 1 aliphatic rings. The van der Waals surface area contributed by atoms with Gasteiger partial charge in [-0.1, -0.05) is 0 Å². The highest BCUT2D eigenvalue weighted by Crippen LogP contribution is 2.27. The molecular weight excluding hydrogens is 268 g/mol. The minimum absolute atomic E-state index is 0.0450. The van der Waals surface area contributed by atoms with E-state index in [1.807, 2.05) is 6.07 Å². The van der Waals surface area contributed by atoms with Crippen LogP contribution in [0.25, 0.3) is 0 Å². The lowest BCUT2D eigenvalue weighted by Crippen LogP contribution is -2.42. The van der Waals surface area contributed by atoms with Crippen LogP contribution in [0.5, 0.6) is 0 Å². The third-order valence-electron chi connectivity index (χ3n) is 2.80. The average Bonchev–Trinajstić information content (AvgIpc) is 2.46. The number of hydrogen-bond donors (Lipinski definition) is 1. The van der Waals surface area contributed by atoms with Crippen molar-refractivity contribution in [2.75, 3.05) is 24.6 Å². The van der Waals surface area contributed by atoms with Gasteiger partial charge in [-0.05, 0) is 0 Å². The molecule has 1 aliphatic heterocycles. The maximum absolute atomic E-state index is 11.0. The van der Waals surface area contributed by atoms with E-state index in [9.17, 15) is 14.9 Å². The lowest BCUT2D eigenvalue weighted by atomic mass is 10.2. The Labute approximate surface area is 113 Å². The number of ether oxygens (including phenoxy) is 1. The molecule has 1 fully saturated rings. The van der Waals surface area contributed by atoms with Crippen molar-refractivity contribution in [3.8, 4) is 6.07 Å². The molecule has 0 aliphatic carbocycles. The Bertz CT molecular complexity index is 597. The van der Waals surface area contributed by atoms with Crippen LogP contribution in [0.1, 0.15) is 10.4 Å². The number of morpholine rings is 1. The molecule has 1 aromatic rings. The molecule has 9 heteroatoms. The Kier molecular flexibility index (Phi) is 3.76. The molecule has 1 aromatic heterocycles. The molecule has 1 atom stereocenters. The predicted octanol–water partition coefficient (Wildman–Crippen LogP) is 0.417. The summed E-state index contributed by atoms with van der Waals surface area (Å²) in [6.07, 6.45) is 0.367. The molecule has 1 unspecified atom stereocenters. The summed E-state index contributed by atoms with van der Waals surface area (Å²) in [6.45, 7) is 0.743. The second-order valence-electron chi connectivity index (χ2n) is 4.06. The van der Waals surface area contributed by atoms with Gasteiger partial charge in [0.2, 0.25) is 5.82 Å². The second kappa shape index (κ2) is 5.50. The van der Waals surface area contributed by atoms with Crippen molar-refractivity contribution in [3.05, 3.63) is 27.9 Å². The molecule has 0 aromatic carbocycles. The molecule has 104 valence electrons. The van der Waals surface area contributed by atoms with Crippen LogP contribution < -0.4 is 4.90 Å². The molecule has 0 radical (unpaired) electrons. The van der Waals surface area contributed by atoms with E-state index < -0.39 is 22.7 Å². The first kappa shape index (κ1) is 13.7. The van der Waals surface area contributed by atoms with Crippen LogP contribution in [0.2, 0.25) is 0 Å². The topological polar surface area (TPSA) is 130 Å². The first-order chi connectivity index (χ1) is 9.52. The Hall–Kier alpha value is -2.73. The number of carboxylic acids is 1. The smallest absolute Gasteiger partial charge is 0.337 e. The van der Waals surface area contributed by atoms with Gasteiger partial charge in [-0.3, -0.25) is 10.1 Å². The summed E-state index contributed by atoms with van der Waals surface area (Å²) in [7, 11) is 0. The molecule has 0 bridgehead atoms. The highest BCUT2D eigenvalue weighted by atomic mass is 16.6. The highest BCUT2D eigenvalue weighted by Gasteiger charge is 2.28. The van der Waals surface area contributed by atoms with Gasteiger partial charge in [-0.2, -0.15) is 5.26 Å². The number of aromatic carboxylic acids is 1. The van der Waals surface area contributed by atoms with Gasteiger partial charge in [-0.25, -0.2) is 9.78 Å². The van der Waals surface area contributed by atoms with Crippen LogP contribution in [-0.2, 0) is 4.74 Å². The maximum atomic E-state index is 11.0. The fraction of sp³-hybridized carbons (Fsp3) is 0.364. The minimum atomic E-state index is -1.29. The number of hydrogen-bond acceptors (Lipinski definition) is 7. The van der Waals surface area contributed by atoms with Gasteiger partial charge in [-0.15, -0.1) is 0 Å². The number of anilines is 1. The van der Waals surface area contributed by atoms with E-state index in [1.54, 1.807) is 4.90 Å². The first-order valence-electron chi connectivity index (χ1n) is 5.67. The summed E-state index contributed by atoms with van der Waals surface area (Å²) in [5.41, 5.74) is -0.658. The number of nitrogens with zero attached hydrogens (tertiary/aromatic N) is 4. The molecule has 0 saturated carbocycles. The quantitative estimate of drug-likeness (QED) is 0.621. The third-order valence-corrected chi connectivity index (χ3v) is 2.80. The van der Waals surface area contributed by atoms with E-state index in [0.717, 1.165) is 12.3 Å². The largest absolute Gasteiger partial charge is 0.478 e. The highest BCUT2D eigenvalue weighted by molar-refractivity contribution is 5.88. The first-order valence-corrected chi connectivity index (χ1v) is 5.67. The molecule has 2 heterocycles. The number of rotatable bonds is 3. The number of carboxylic acid groups (broad SMARTS) is 1. The Morgan fingerprint density at radius 2 is 2.45 bits per heavy atom. The summed E-state index contributed by atoms with van der Waals surface area (Å²) in [6, 6.07) is 2.89. The molecule has 1 N–H and O–H groups in total. The summed E-state index contributed by atoms with van der Waals surface area (Å²) >= 11 is 0. The molecule has 0 spiro atoms. The van der Waals surface area contributed by atoms with E-state index in [-0.39, 0.29) is 24.5 Å². The van der Waals surface area contributed by atoms with Crippen molar-refractivity contribution in [1.29, 1.82) is 5.26 Å². The standard InChI is InChI=1S/C11H10N4O5/c12-4-8-6-14(1-2-20-8)10-9(15(18)19)3-7(5-13-10)11(16)17/h3,5,8H,1-2,6H2,(H,16,17). The Balaban J connectivity index is 2.38. The van der Waals surface area contributed by atoms with Gasteiger partial charge in [0.1, 0.15) is 0 Å². The summed E-state index contributed by atoms with van der Waals surface area (Å²) in [5, 5.41) is 28.7. The number of nitro groups is 1. The van der Waals surface area contributed by atoms with E-state index in [1.165, 1.54) is 0 Å². The monoisotopic (exact) mass is 278 g/mol. The summed E-state index contributed by atoms with van der Waals surface area (Å²) in [4.78, 5) is 26.6. The van der Waals surface area contributed by atoms with Crippen molar-refractivity contribution >= 4 is 17.5 Å².